The highest BCUT2D eigenvalue weighted by Crippen LogP contribution is 2.13. The summed E-state index contributed by atoms with van der Waals surface area (Å²) in [6, 6.07) is 7.55. The van der Waals surface area contributed by atoms with Crippen LogP contribution in [-0.4, -0.2) is 23.7 Å². The van der Waals surface area contributed by atoms with Crippen molar-refractivity contribution < 1.29 is 9.90 Å². The van der Waals surface area contributed by atoms with Gasteiger partial charge in [-0.3, -0.25) is 4.79 Å². The highest BCUT2D eigenvalue weighted by molar-refractivity contribution is 6.30. The molecule has 0 aliphatic rings. The summed E-state index contributed by atoms with van der Waals surface area (Å²) in [4.78, 5) is 11.9. The zero-order valence-electron chi connectivity index (χ0n) is 12.4. The van der Waals surface area contributed by atoms with Gasteiger partial charge in [0.15, 0.2) is 0 Å². The molecule has 0 bridgehead atoms. The SMILES string of the molecule is CC(Cc1ccc(Cl)cc1)C(=O)NCCC(O)C(C)C. The van der Waals surface area contributed by atoms with Crippen molar-refractivity contribution in [2.24, 2.45) is 11.8 Å². The maximum absolute atomic E-state index is 11.9. The van der Waals surface area contributed by atoms with E-state index in [0.29, 0.717) is 24.4 Å². The smallest absolute Gasteiger partial charge is 0.223 e. The van der Waals surface area contributed by atoms with Crippen molar-refractivity contribution in [1.82, 2.24) is 5.32 Å². The lowest BCUT2D eigenvalue weighted by molar-refractivity contribution is -0.124. The molecule has 20 heavy (non-hydrogen) atoms. The summed E-state index contributed by atoms with van der Waals surface area (Å²) in [6.45, 7) is 6.36. The van der Waals surface area contributed by atoms with E-state index >= 15 is 0 Å². The summed E-state index contributed by atoms with van der Waals surface area (Å²) < 4.78 is 0. The summed E-state index contributed by atoms with van der Waals surface area (Å²) in [5, 5.41) is 13.3. The average Bonchev–Trinajstić information content (AvgIpc) is 2.40. The minimum atomic E-state index is -0.359. The Morgan fingerprint density at radius 3 is 2.40 bits per heavy atom. The fraction of sp³-hybridized carbons (Fsp3) is 0.562. The minimum absolute atomic E-state index is 0.0240. The molecule has 3 nitrogen and oxygen atoms in total. The number of carbonyl (C=O) groups is 1. The van der Waals surface area contributed by atoms with Crippen LogP contribution >= 0.6 is 11.6 Å². The number of nitrogens with one attached hydrogen (secondary N) is 1. The molecule has 1 rings (SSSR count). The van der Waals surface area contributed by atoms with Crippen LogP contribution in [-0.2, 0) is 11.2 Å². The third-order valence-corrected chi connectivity index (χ3v) is 3.66. The number of amides is 1. The topological polar surface area (TPSA) is 49.3 Å². The Morgan fingerprint density at radius 1 is 1.25 bits per heavy atom. The van der Waals surface area contributed by atoms with Gasteiger partial charge in [-0.05, 0) is 36.5 Å². The fourth-order valence-electron chi connectivity index (χ4n) is 1.92. The van der Waals surface area contributed by atoms with Crippen LogP contribution in [0.2, 0.25) is 5.02 Å². The number of halogens is 1. The number of rotatable bonds is 7. The first kappa shape index (κ1) is 17.0. The van der Waals surface area contributed by atoms with Crippen LogP contribution in [0.3, 0.4) is 0 Å². The second-order valence-electron chi connectivity index (χ2n) is 5.62. The molecule has 0 aromatic heterocycles. The highest BCUT2D eigenvalue weighted by atomic mass is 35.5. The molecule has 112 valence electrons. The van der Waals surface area contributed by atoms with Gasteiger partial charge in [0, 0.05) is 17.5 Å². The molecule has 2 atom stereocenters. The summed E-state index contributed by atoms with van der Waals surface area (Å²) in [5.41, 5.74) is 1.10. The molecule has 0 saturated carbocycles. The number of hydrogen-bond acceptors (Lipinski definition) is 2. The van der Waals surface area contributed by atoms with Crippen molar-refractivity contribution in [2.45, 2.75) is 39.7 Å². The Kier molecular flexibility index (Phi) is 7.03. The van der Waals surface area contributed by atoms with Gasteiger partial charge in [-0.25, -0.2) is 0 Å². The number of benzene rings is 1. The Morgan fingerprint density at radius 2 is 1.85 bits per heavy atom. The zero-order valence-corrected chi connectivity index (χ0v) is 13.2. The maximum Gasteiger partial charge on any atom is 0.223 e. The van der Waals surface area contributed by atoms with Gasteiger partial charge in [0.25, 0.3) is 0 Å². The van der Waals surface area contributed by atoms with Crippen LogP contribution < -0.4 is 5.32 Å². The molecule has 4 heteroatoms. The van der Waals surface area contributed by atoms with Crippen LogP contribution in [0, 0.1) is 11.8 Å². The van der Waals surface area contributed by atoms with E-state index in [9.17, 15) is 9.90 Å². The largest absolute Gasteiger partial charge is 0.393 e. The molecule has 0 heterocycles. The van der Waals surface area contributed by atoms with Gasteiger partial charge in [0.05, 0.1) is 6.10 Å². The zero-order chi connectivity index (χ0) is 15.1. The monoisotopic (exact) mass is 297 g/mol. The lowest BCUT2D eigenvalue weighted by Gasteiger charge is -2.16. The van der Waals surface area contributed by atoms with Crippen LogP contribution in [0.25, 0.3) is 0 Å². The fourth-order valence-corrected chi connectivity index (χ4v) is 2.04. The molecule has 0 spiro atoms. The molecule has 2 N–H and O–H groups in total. The van der Waals surface area contributed by atoms with Crippen molar-refractivity contribution >= 4 is 17.5 Å². The Balaban J connectivity index is 2.34. The number of aliphatic hydroxyl groups excluding tert-OH is 1. The first-order valence-corrected chi connectivity index (χ1v) is 7.48. The van der Waals surface area contributed by atoms with Gasteiger partial charge < -0.3 is 10.4 Å². The first-order chi connectivity index (χ1) is 9.40. The van der Waals surface area contributed by atoms with Crippen molar-refractivity contribution in [3.05, 3.63) is 34.9 Å². The predicted octanol–water partition coefficient (Wildman–Crippen LogP) is 3.04. The van der Waals surface area contributed by atoms with Crippen molar-refractivity contribution in [3.63, 3.8) is 0 Å². The molecule has 1 aromatic rings. The van der Waals surface area contributed by atoms with Gasteiger partial charge in [0.2, 0.25) is 5.91 Å². The summed E-state index contributed by atoms with van der Waals surface area (Å²) in [6.07, 6.45) is 0.925. The highest BCUT2D eigenvalue weighted by Gasteiger charge is 2.14. The van der Waals surface area contributed by atoms with E-state index in [1.54, 1.807) is 0 Å². The normalized spacial score (nSPS) is 14.1. The van der Waals surface area contributed by atoms with Gasteiger partial charge >= 0.3 is 0 Å². The van der Waals surface area contributed by atoms with Gasteiger partial charge in [-0.15, -0.1) is 0 Å². The molecule has 1 aromatic carbocycles. The predicted molar refractivity (Wildman–Crippen MR) is 82.8 cm³/mol. The van der Waals surface area contributed by atoms with E-state index in [2.05, 4.69) is 5.32 Å². The van der Waals surface area contributed by atoms with E-state index in [-0.39, 0.29) is 23.8 Å². The van der Waals surface area contributed by atoms with Crippen LogP contribution in [0.4, 0.5) is 0 Å². The van der Waals surface area contributed by atoms with E-state index in [4.69, 9.17) is 11.6 Å². The maximum atomic E-state index is 11.9. The molecule has 0 saturated heterocycles. The molecule has 0 aliphatic heterocycles. The van der Waals surface area contributed by atoms with Crippen LogP contribution in [0.15, 0.2) is 24.3 Å². The van der Waals surface area contributed by atoms with Crippen LogP contribution in [0.1, 0.15) is 32.8 Å². The summed E-state index contributed by atoms with van der Waals surface area (Å²) in [7, 11) is 0. The summed E-state index contributed by atoms with van der Waals surface area (Å²) in [5.74, 6) is 0.154. The quantitative estimate of drug-likeness (QED) is 0.813. The van der Waals surface area contributed by atoms with Crippen molar-refractivity contribution in [3.8, 4) is 0 Å². The number of aliphatic hydroxyl groups is 1. The van der Waals surface area contributed by atoms with Crippen molar-refractivity contribution in [1.29, 1.82) is 0 Å². The lowest BCUT2D eigenvalue weighted by Crippen LogP contribution is -2.33. The second-order valence-corrected chi connectivity index (χ2v) is 6.06. The van der Waals surface area contributed by atoms with Crippen molar-refractivity contribution in [2.75, 3.05) is 6.54 Å². The third-order valence-electron chi connectivity index (χ3n) is 3.41. The summed E-state index contributed by atoms with van der Waals surface area (Å²) >= 11 is 5.83. The third kappa shape index (κ3) is 5.93. The van der Waals surface area contributed by atoms with E-state index in [0.717, 1.165) is 5.56 Å². The van der Waals surface area contributed by atoms with E-state index in [1.165, 1.54) is 0 Å². The Labute approximate surface area is 126 Å². The van der Waals surface area contributed by atoms with Gasteiger partial charge in [-0.2, -0.15) is 0 Å². The molecule has 2 unspecified atom stereocenters. The van der Waals surface area contributed by atoms with Gasteiger partial charge in [-0.1, -0.05) is 44.5 Å². The molecular weight excluding hydrogens is 274 g/mol. The van der Waals surface area contributed by atoms with Crippen LogP contribution in [0.5, 0.6) is 0 Å². The number of carbonyl (C=O) groups excluding carboxylic acids is 1. The molecule has 0 aliphatic carbocycles. The molecular formula is C16H24ClNO2. The Bertz CT molecular complexity index is 417. The van der Waals surface area contributed by atoms with Gasteiger partial charge in [0.1, 0.15) is 0 Å². The Hall–Kier alpha value is -1.06. The average molecular weight is 298 g/mol. The van der Waals surface area contributed by atoms with E-state index < -0.39 is 0 Å². The molecule has 0 fully saturated rings. The standard InChI is InChI=1S/C16H24ClNO2/c1-11(2)15(19)8-9-18-16(20)12(3)10-13-4-6-14(17)7-5-13/h4-7,11-12,15,19H,8-10H2,1-3H3,(H,18,20). The molecule has 1 amide bonds. The lowest BCUT2D eigenvalue weighted by atomic mass is 10.00. The molecule has 0 radical (unpaired) electrons. The number of hydrogen-bond donors (Lipinski definition) is 2. The first-order valence-electron chi connectivity index (χ1n) is 7.10. The second kappa shape index (κ2) is 8.28. The minimum Gasteiger partial charge on any atom is -0.393 e. The van der Waals surface area contributed by atoms with E-state index in [1.807, 2.05) is 45.0 Å².